The van der Waals surface area contributed by atoms with Crippen LogP contribution in [0.25, 0.3) is 0 Å². The summed E-state index contributed by atoms with van der Waals surface area (Å²) in [7, 11) is 0. The van der Waals surface area contributed by atoms with Gasteiger partial charge in [-0.1, -0.05) is 24.3 Å². The van der Waals surface area contributed by atoms with Crippen LogP contribution in [0.15, 0.2) is 24.3 Å². The van der Waals surface area contributed by atoms with Gasteiger partial charge in [0.25, 0.3) is 0 Å². The van der Waals surface area contributed by atoms with Crippen LogP contribution in [0.5, 0.6) is 0 Å². The van der Waals surface area contributed by atoms with Crippen molar-refractivity contribution < 1.29 is 9.59 Å². The standard InChI is InChI=1S/C12H12O2/c13-8-12(14)11-6-5-9-3-1-2-4-10(9)7-11/h1-4,8,11H,5-7H2. The van der Waals surface area contributed by atoms with Crippen molar-refractivity contribution >= 4 is 12.1 Å². The molecule has 1 aliphatic carbocycles. The molecule has 0 spiro atoms. The van der Waals surface area contributed by atoms with E-state index in [1.54, 1.807) is 0 Å². The number of rotatable bonds is 2. The monoisotopic (exact) mass is 188 g/mol. The molecule has 2 nitrogen and oxygen atoms in total. The summed E-state index contributed by atoms with van der Waals surface area (Å²) in [6, 6.07) is 8.13. The largest absolute Gasteiger partial charge is 0.295 e. The second-order valence-electron chi connectivity index (χ2n) is 3.73. The lowest BCUT2D eigenvalue weighted by atomic mass is 9.82. The lowest BCUT2D eigenvalue weighted by molar-refractivity contribution is -0.132. The first-order valence-electron chi connectivity index (χ1n) is 4.87. The quantitative estimate of drug-likeness (QED) is 0.521. The van der Waals surface area contributed by atoms with Crippen molar-refractivity contribution in [1.82, 2.24) is 0 Å². The Morgan fingerprint density at radius 3 is 2.71 bits per heavy atom. The average Bonchev–Trinajstić information content (AvgIpc) is 2.27. The highest BCUT2D eigenvalue weighted by atomic mass is 16.2. The van der Waals surface area contributed by atoms with Gasteiger partial charge in [0, 0.05) is 5.92 Å². The SMILES string of the molecule is O=CC(=O)C1CCc2ccccc2C1. The highest BCUT2D eigenvalue weighted by Crippen LogP contribution is 2.25. The minimum Gasteiger partial charge on any atom is -0.295 e. The van der Waals surface area contributed by atoms with Crippen molar-refractivity contribution in [2.75, 3.05) is 0 Å². The van der Waals surface area contributed by atoms with Crippen LogP contribution in [0.2, 0.25) is 0 Å². The fraction of sp³-hybridized carbons (Fsp3) is 0.333. The summed E-state index contributed by atoms with van der Waals surface area (Å²) in [4.78, 5) is 21.6. The van der Waals surface area contributed by atoms with Crippen LogP contribution < -0.4 is 0 Å². The van der Waals surface area contributed by atoms with Crippen molar-refractivity contribution in [3.8, 4) is 0 Å². The molecule has 0 bridgehead atoms. The van der Waals surface area contributed by atoms with E-state index in [0.717, 1.165) is 19.3 Å². The van der Waals surface area contributed by atoms with E-state index in [-0.39, 0.29) is 11.7 Å². The molecule has 2 rings (SSSR count). The topological polar surface area (TPSA) is 34.1 Å². The van der Waals surface area contributed by atoms with Crippen LogP contribution in [0.1, 0.15) is 17.5 Å². The third-order valence-electron chi connectivity index (χ3n) is 2.87. The molecule has 1 aromatic rings. The van der Waals surface area contributed by atoms with Gasteiger partial charge in [-0.15, -0.1) is 0 Å². The molecular weight excluding hydrogens is 176 g/mol. The molecule has 72 valence electrons. The van der Waals surface area contributed by atoms with Gasteiger partial charge in [-0.3, -0.25) is 9.59 Å². The summed E-state index contributed by atoms with van der Waals surface area (Å²) >= 11 is 0. The summed E-state index contributed by atoms with van der Waals surface area (Å²) in [5, 5.41) is 0. The Morgan fingerprint density at radius 2 is 2.00 bits per heavy atom. The predicted octanol–water partition coefficient (Wildman–Crippen LogP) is 1.56. The van der Waals surface area contributed by atoms with Gasteiger partial charge in [0.15, 0.2) is 12.1 Å². The molecule has 0 saturated carbocycles. The number of hydrogen-bond donors (Lipinski definition) is 0. The number of fused-ring (bicyclic) bond motifs is 1. The summed E-state index contributed by atoms with van der Waals surface area (Å²) in [6.45, 7) is 0. The molecule has 0 N–H and O–H groups in total. The van der Waals surface area contributed by atoms with Gasteiger partial charge in [-0.2, -0.15) is 0 Å². The second kappa shape index (κ2) is 3.74. The fourth-order valence-electron chi connectivity index (χ4n) is 2.04. The molecule has 0 saturated heterocycles. The van der Waals surface area contributed by atoms with E-state index in [2.05, 4.69) is 6.07 Å². The van der Waals surface area contributed by atoms with Crippen molar-refractivity contribution in [2.24, 2.45) is 5.92 Å². The van der Waals surface area contributed by atoms with Crippen LogP contribution in [-0.4, -0.2) is 12.1 Å². The number of aryl methyl sites for hydroxylation is 1. The molecule has 0 aliphatic heterocycles. The predicted molar refractivity (Wildman–Crippen MR) is 53.0 cm³/mol. The van der Waals surface area contributed by atoms with Gasteiger partial charge in [-0.05, 0) is 30.4 Å². The molecule has 0 heterocycles. The first-order valence-corrected chi connectivity index (χ1v) is 4.87. The Bertz CT molecular complexity index is 368. The average molecular weight is 188 g/mol. The van der Waals surface area contributed by atoms with Crippen LogP contribution in [0.3, 0.4) is 0 Å². The number of hydrogen-bond acceptors (Lipinski definition) is 2. The van der Waals surface area contributed by atoms with E-state index in [1.807, 2.05) is 18.2 Å². The number of Topliss-reactive ketones (excluding diaryl/α,β-unsaturated/α-hetero) is 1. The summed E-state index contributed by atoms with van der Waals surface area (Å²) < 4.78 is 0. The van der Waals surface area contributed by atoms with Gasteiger partial charge < -0.3 is 0 Å². The molecule has 1 aromatic carbocycles. The second-order valence-corrected chi connectivity index (χ2v) is 3.73. The van der Waals surface area contributed by atoms with Crippen LogP contribution in [-0.2, 0) is 22.4 Å². The van der Waals surface area contributed by atoms with Crippen molar-refractivity contribution in [1.29, 1.82) is 0 Å². The Labute approximate surface area is 82.9 Å². The molecule has 0 aromatic heterocycles. The molecule has 2 heteroatoms. The minimum atomic E-state index is -0.250. The third-order valence-corrected chi connectivity index (χ3v) is 2.87. The maximum Gasteiger partial charge on any atom is 0.198 e. The smallest absolute Gasteiger partial charge is 0.198 e. The minimum absolute atomic E-state index is 0.0811. The lowest BCUT2D eigenvalue weighted by Gasteiger charge is -2.21. The van der Waals surface area contributed by atoms with Crippen LogP contribution in [0.4, 0.5) is 0 Å². The molecule has 1 atom stereocenters. The first kappa shape index (κ1) is 9.13. The number of carbonyl (C=O) groups is 2. The van der Waals surface area contributed by atoms with Crippen molar-refractivity contribution in [2.45, 2.75) is 19.3 Å². The van der Waals surface area contributed by atoms with Gasteiger partial charge >= 0.3 is 0 Å². The van der Waals surface area contributed by atoms with Crippen LogP contribution in [0, 0.1) is 5.92 Å². The van der Waals surface area contributed by atoms with E-state index >= 15 is 0 Å². The number of ketones is 1. The zero-order valence-corrected chi connectivity index (χ0v) is 7.90. The Hall–Kier alpha value is -1.44. The van der Waals surface area contributed by atoms with E-state index in [0.29, 0.717) is 6.29 Å². The van der Waals surface area contributed by atoms with E-state index in [4.69, 9.17) is 0 Å². The first-order chi connectivity index (χ1) is 6.81. The molecular formula is C12H12O2. The van der Waals surface area contributed by atoms with Gasteiger partial charge in [0.2, 0.25) is 0 Å². The molecule has 0 amide bonds. The number of carbonyl (C=O) groups excluding carboxylic acids is 2. The Balaban J connectivity index is 2.21. The maximum absolute atomic E-state index is 11.2. The Morgan fingerprint density at radius 1 is 1.29 bits per heavy atom. The maximum atomic E-state index is 11.2. The van der Waals surface area contributed by atoms with Crippen molar-refractivity contribution in [3.63, 3.8) is 0 Å². The molecule has 0 fully saturated rings. The molecule has 1 unspecified atom stereocenters. The van der Waals surface area contributed by atoms with Gasteiger partial charge in [0.1, 0.15) is 0 Å². The normalized spacial score (nSPS) is 19.9. The molecule has 0 radical (unpaired) electrons. The Kier molecular flexibility index (Phi) is 2.44. The zero-order valence-electron chi connectivity index (χ0n) is 7.90. The summed E-state index contributed by atoms with van der Waals surface area (Å²) in [5.74, 6) is -0.332. The van der Waals surface area contributed by atoms with Gasteiger partial charge in [-0.25, -0.2) is 0 Å². The number of benzene rings is 1. The lowest BCUT2D eigenvalue weighted by Crippen LogP contribution is -2.23. The number of aldehydes is 1. The van der Waals surface area contributed by atoms with E-state index in [1.165, 1.54) is 11.1 Å². The summed E-state index contributed by atoms with van der Waals surface area (Å²) in [6.07, 6.45) is 2.92. The third kappa shape index (κ3) is 1.60. The van der Waals surface area contributed by atoms with Crippen molar-refractivity contribution in [3.05, 3.63) is 35.4 Å². The van der Waals surface area contributed by atoms with E-state index < -0.39 is 0 Å². The van der Waals surface area contributed by atoms with E-state index in [9.17, 15) is 9.59 Å². The zero-order chi connectivity index (χ0) is 9.97. The fourth-order valence-corrected chi connectivity index (χ4v) is 2.04. The summed E-state index contributed by atoms with van der Waals surface area (Å²) in [5.41, 5.74) is 2.54. The highest BCUT2D eigenvalue weighted by Gasteiger charge is 2.23. The van der Waals surface area contributed by atoms with Crippen LogP contribution >= 0.6 is 0 Å². The highest BCUT2D eigenvalue weighted by molar-refractivity contribution is 6.26. The molecule has 14 heavy (non-hydrogen) atoms. The van der Waals surface area contributed by atoms with Gasteiger partial charge in [0.05, 0.1) is 0 Å². The molecule has 1 aliphatic rings.